The zero-order valence-electron chi connectivity index (χ0n) is 32.4. The van der Waals surface area contributed by atoms with Gasteiger partial charge in [-0.3, -0.25) is 9.59 Å². The number of benzene rings is 3. The van der Waals surface area contributed by atoms with Crippen molar-refractivity contribution in [3.05, 3.63) is 107 Å². The van der Waals surface area contributed by atoms with Gasteiger partial charge in [0, 0.05) is 19.4 Å². The Hall–Kier alpha value is -4.66. The highest BCUT2D eigenvalue weighted by Gasteiger charge is 2.38. The number of nitrogens with zero attached hydrogens (tertiary/aromatic N) is 1. The summed E-state index contributed by atoms with van der Waals surface area (Å²) >= 11 is 0. The first-order valence-corrected chi connectivity index (χ1v) is 18.6. The van der Waals surface area contributed by atoms with E-state index >= 15 is 0 Å². The van der Waals surface area contributed by atoms with Gasteiger partial charge in [0.15, 0.2) is 0 Å². The standard InChI is InChI=1S/C43H59N3O6/c1-9-11-12-19-28-46(39(48)35(29-32-20-15-13-16-21-32)45-41(50)52-43(6,7)8)37(34-26-24-31(10-2)25-27-34)38(47)44-36(40(49)51-42(3,4)5)30-33-22-17-14-18-23-33/h13-18,20-27,35-37H,9-12,19,28-30H2,1-8H3,(H,44,47)(H,45,50). The monoisotopic (exact) mass is 713 g/mol. The largest absolute Gasteiger partial charge is 0.458 e. The summed E-state index contributed by atoms with van der Waals surface area (Å²) in [5, 5.41) is 5.82. The molecule has 3 amide bonds. The first-order chi connectivity index (χ1) is 24.6. The van der Waals surface area contributed by atoms with E-state index in [0.717, 1.165) is 42.4 Å². The van der Waals surface area contributed by atoms with Gasteiger partial charge in [0.05, 0.1) is 0 Å². The van der Waals surface area contributed by atoms with Crippen LogP contribution in [0.25, 0.3) is 0 Å². The Labute approximate surface area is 310 Å². The zero-order chi connectivity index (χ0) is 38.3. The number of unbranched alkanes of at least 4 members (excludes halogenated alkanes) is 3. The van der Waals surface area contributed by atoms with Crippen LogP contribution in [0.2, 0.25) is 0 Å². The third-order valence-electron chi connectivity index (χ3n) is 8.36. The summed E-state index contributed by atoms with van der Waals surface area (Å²) in [5.41, 5.74) is 1.78. The number of hydrogen-bond donors (Lipinski definition) is 2. The third kappa shape index (κ3) is 14.2. The Morgan fingerprint density at radius 1 is 0.635 bits per heavy atom. The third-order valence-corrected chi connectivity index (χ3v) is 8.36. The molecule has 9 heteroatoms. The molecular weight excluding hydrogens is 654 g/mol. The van der Waals surface area contributed by atoms with Crippen LogP contribution >= 0.6 is 0 Å². The van der Waals surface area contributed by atoms with E-state index < -0.39 is 53.2 Å². The molecule has 0 fully saturated rings. The summed E-state index contributed by atoms with van der Waals surface area (Å²) in [6.45, 7) is 15.0. The minimum absolute atomic E-state index is 0.183. The molecule has 0 radical (unpaired) electrons. The molecule has 0 saturated heterocycles. The molecule has 0 aliphatic carbocycles. The lowest BCUT2D eigenvalue weighted by Crippen LogP contribution is -2.55. The van der Waals surface area contributed by atoms with E-state index in [4.69, 9.17) is 9.47 Å². The van der Waals surface area contributed by atoms with E-state index in [1.807, 2.05) is 91.9 Å². The molecule has 9 nitrogen and oxygen atoms in total. The molecule has 0 heterocycles. The molecule has 0 aliphatic rings. The van der Waals surface area contributed by atoms with Gasteiger partial charge in [-0.15, -0.1) is 0 Å². The highest BCUT2D eigenvalue weighted by Crippen LogP contribution is 2.26. The van der Waals surface area contributed by atoms with E-state index in [1.165, 1.54) is 0 Å². The summed E-state index contributed by atoms with van der Waals surface area (Å²) in [4.78, 5) is 58.1. The fourth-order valence-electron chi connectivity index (χ4n) is 5.85. The van der Waals surface area contributed by atoms with Crippen LogP contribution in [0.3, 0.4) is 0 Å². The number of ether oxygens (including phenoxy) is 2. The van der Waals surface area contributed by atoms with Crippen molar-refractivity contribution in [2.24, 2.45) is 0 Å². The SMILES string of the molecule is CCCCCCN(C(=O)C(Cc1ccccc1)NC(=O)OC(C)(C)C)C(C(=O)NC(Cc1ccccc1)C(=O)OC(C)(C)C)c1ccc(CC)cc1. The van der Waals surface area contributed by atoms with Crippen molar-refractivity contribution in [1.29, 1.82) is 0 Å². The highest BCUT2D eigenvalue weighted by atomic mass is 16.6. The summed E-state index contributed by atoms with van der Waals surface area (Å²) in [5.74, 6) is -1.52. The molecule has 52 heavy (non-hydrogen) atoms. The Kier molecular flexibility index (Phi) is 15.9. The van der Waals surface area contributed by atoms with Gasteiger partial charge in [0.25, 0.3) is 0 Å². The Balaban J connectivity index is 2.13. The summed E-state index contributed by atoms with van der Waals surface area (Å²) in [6.07, 6.45) is 3.89. The Morgan fingerprint density at radius 3 is 1.67 bits per heavy atom. The summed E-state index contributed by atoms with van der Waals surface area (Å²) < 4.78 is 11.4. The number of aryl methyl sites for hydroxylation is 1. The van der Waals surface area contributed by atoms with Crippen molar-refractivity contribution in [1.82, 2.24) is 15.5 Å². The van der Waals surface area contributed by atoms with Gasteiger partial charge < -0.3 is 25.0 Å². The molecule has 0 aliphatic heterocycles. The quantitative estimate of drug-likeness (QED) is 0.109. The molecule has 2 N–H and O–H groups in total. The van der Waals surface area contributed by atoms with Gasteiger partial charge in [0.2, 0.25) is 11.8 Å². The number of carbonyl (C=O) groups excluding carboxylic acids is 4. The zero-order valence-corrected chi connectivity index (χ0v) is 32.4. The van der Waals surface area contributed by atoms with E-state index in [-0.39, 0.29) is 19.4 Å². The van der Waals surface area contributed by atoms with E-state index in [0.29, 0.717) is 12.0 Å². The van der Waals surface area contributed by atoms with Crippen LogP contribution in [0.15, 0.2) is 84.9 Å². The van der Waals surface area contributed by atoms with Gasteiger partial charge in [-0.05, 0) is 76.6 Å². The smallest absolute Gasteiger partial charge is 0.408 e. The average Bonchev–Trinajstić information content (AvgIpc) is 3.08. The van der Waals surface area contributed by atoms with Crippen molar-refractivity contribution in [3.63, 3.8) is 0 Å². The van der Waals surface area contributed by atoms with Crippen molar-refractivity contribution in [2.75, 3.05) is 6.54 Å². The lowest BCUT2D eigenvalue weighted by molar-refractivity contribution is -0.159. The molecule has 3 atom stereocenters. The summed E-state index contributed by atoms with van der Waals surface area (Å²) in [7, 11) is 0. The molecule has 3 rings (SSSR count). The average molecular weight is 714 g/mol. The number of esters is 1. The maximum absolute atomic E-state index is 14.9. The number of rotatable bonds is 17. The van der Waals surface area contributed by atoms with Crippen LogP contribution in [0.5, 0.6) is 0 Å². The Bertz CT molecular complexity index is 1560. The summed E-state index contributed by atoms with van der Waals surface area (Å²) in [6, 6.07) is 23.3. The van der Waals surface area contributed by atoms with E-state index in [1.54, 1.807) is 46.4 Å². The molecule has 0 bridgehead atoms. The van der Waals surface area contributed by atoms with Gasteiger partial charge in [0.1, 0.15) is 29.3 Å². The first kappa shape index (κ1) is 41.8. The molecule has 0 saturated carbocycles. The predicted molar refractivity (Wildman–Crippen MR) is 206 cm³/mol. The van der Waals surface area contributed by atoms with Crippen LogP contribution in [-0.4, -0.2) is 58.6 Å². The maximum atomic E-state index is 14.9. The van der Waals surface area contributed by atoms with Crippen LogP contribution in [-0.2, 0) is 43.1 Å². The van der Waals surface area contributed by atoms with Crippen LogP contribution in [0, 0.1) is 0 Å². The number of amides is 3. The molecule has 3 unspecified atom stereocenters. The van der Waals surface area contributed by atoms with Crippen molar-refractivity contribution >= 4 is 23.9 Å². The Morgan fingerprint density at radius 2 is 1.17 bits per heavy atom. The second kappa shape index (κ2) is 19.8. The molecule has 282 valence electrons. The molecule has 0 spiro atoms. The lowest BCUT2D eigenvalue weighted by Gasteiger charge is -2.35. The highest BCUT2D eigenvalue weighted by molar-refractivity contribution is 5.94. The number of hydrogen-bond acceptors (Lipinski definition) is 6. The molecule has 3 aromatic carbocycles. The van der Waals surface area contributed by atoms with E-state index in [9.17, 15) is 19.2 Å². The van der Waals surface area contributed by atoms with Crippen LogP contribution in [0.4, 0.5) is 4.79 Å². The minimum atomic E-state index is -1.11. The normalized spacial score (nSPS) is 13.3. The van der Waals surface area contributed by atoms with Crippen molar-refractivity contribution in [2.45, 2.75) is 130 Å². The van der Waals surface area contributed by atoms with Crippen LogP contribution in [0.1, 0.15) is 109 Å². The minimum Gasteiger partial charge on any atom is -0.458 e. The van der Waals surface area contributed by atoms with Gasteiger partial charge in [-0.25, -0.2) is 9.59 Å². The molecule has 3 aromatic rings. The predicted octanol–water partition coefficient (Wildman–Crippen LogP) is 7.90. The van der Waals surface area contributed by atoms with Gasteiger partial charge in [-0.1, -0.05) is 118 Å². The number of carbonyl (C=O) groups is 4. The second-order valence-electron chi connectivity index (χ2n) is 15.3. The van der Waals surface area contributed by atoms with Gasteiger partial charge >= 0.3 is 12.1 Å². The number of nitrogens with one attached hydrogen (secondary N) is 2. The first-order valence-electron chi connectivity index (χ1n) is 18.6. The van der Waals surface area contributed by atoms with Crippen molar-refractivity contribution < 1.29 is 28.7 Å². The molecular formula is C43H59N3O6. The number of alkyl carbamates (subject to hydrolysis) is 1. The van der Waals surface area contributed by atoms with Crippen molar-refractivity contribution in [3.8, 4) is 0 Å². The van der Waals surface area contributed by atoms with Crippen LogP contribution < -0.4 is 10.6 Å². The van der Waals surface area contributed by atoms with Gasteiger partial charge in [-0.2, -0.15) is 0 Å². The second-order valence-corrected chi connectivity index (χ2v) is 15.3. The van der Waals surface area contributed by atoms with E-state index in [2.05, 4.69) is 17.6 Å². The fraction of sp³-hybridized carbons (Fsp3) is 0.488. The fourth-order valence-corrected chi connectivity index (χ4v) is 5.85. The topological polar surface area (TPSA) is 114 Å². The maximum Gasteiger partial charge on any atom is 0.408 e. The lowest BCUT2D eigenvalue weighted by atomic mass is 9.97. The molecule has 0 aromatic heterocycles.